The lowest BCUT2D eigenvalue weighted by molar-refractivity contribution is -0.138. The van der Waals surface area contributed by atoms with E-state index in [1.165, 1.54) is 16.1 Å². The van der Waals surface area contributed by atoms with Gasteiger partial charge in [0, 0.05) is 18.8 Å². The molecule has 1 amide bonds. The molecule has 2 saturated heterocycles. The van der Waals surface area contributed by atoms with Crippen molar-refractivity contribution < 1.29 is 17.9 Å². The molecule has 2 aliphatic rings. The van der Waals surface area contributed by atoms with Crippen molar-refractivity contribution >= 4 is 27.7 Å². The maximum atomic E-state index is 13.0. The minimum absolute atomic E-state index is 0.115. The minimum atomic E-state index is -3.68. The number of rotatable bonds is 3. The number of morpholine rings is 1. The standard InChI is InChI=1S/C16H22N2O4S2/c1-12-3-4-14(9-13(12)2)24(20,21)18-11-23-10-15(18)16(19)17-5-7-22-8-6-17/h3-4,9,15H,5-8,10-11H2,1-2H3. The number of hydrogen-bond donors (Lipinski definition) is 0. The second kappa shape index (κ2) is 7.03. The summed E-state index contributed by atoms with van der Waals surface area (Å²) in [5.41, 5.74) is 1.98. The van der Waals surface area contributed by atoms with Gasteiger partial charge in [0.15, 0.2) is 0 Å². The zero-order chi connectivity index (χ0) is 17.3. The number of hydrogen-bond acceptors (Lipinski definition) is 5. The van der Waals surface area contributed by atoms with E-state index in [9.17, 15) is 13.2 Å². The fourth-order valence-corrected chi connectivity index (χ4v) is 6.08. The maximum Gasteiger partial charge on any atom is 0.244 e. The number of sulfonamides is 1. The third-order valence-electron chi connectivity index (χ3n) is 4.53. The van der Waals surface area contributed by atoms with Crippen LogP contribution < -0.4 is 0 Å². The van der Waals surface area contributed by atoms with Gasteiger partial charge in [-0.2, -0.15) is 4.31 Å². The molecule has 2 heterocycles. The first-order chi connectivity index (χ1) is 11.4. The lowest BCUT2D eigenvalue weighted by Crippen LogP contribution is -2.51. The number of aryl methyl sites for hydroxylation is 2. The Labute approximate surface area is 147 Å². The van der Waals surface area contributed by atoms with Crippen LogP contribution in [0.5, 0.6) is 0 Å². The van der Waals surface area contributed by atoms with E-state index in [0.29, 0.717) is 37.9 Å². The predicted octanol–water partition coefficient (Wildman–Crippen LogP) is 1.23. The third-order valence-corrected chi connectivity index (χ3v) is 7.56. The molecule has 0 N–H and O–H groups in total. The number of thioether (sulfide) groups is 1. The monoisotopic (exact) mass is 370 g/mol. The fourth-order valence-electron chi connectivity index (χ4n) is 2.86. The zero-order valence-electron chi connectivity index (χ0n) is 13.9. The molecule has 0 saturated carbocycles. The third kappa shape index (κ3) is 3.33. The van der Waals surface area contributed by atoms with Crippen LogP contribution in [-0.2, 0) is 19.6 Å². The molecule has 3 rings (SSSR count). The quantitative estimate of drug-likeness (QED) is 0.801. The minimum Gasteiger partial charge on any atom is -0.378 e. The Hall–Kier alpha value is -1.09. The van der Waals surface area contributed by atoms with Crippen LogP contribution in [0, 0.1) is 13.8 Å². The summed E-state index contributed by atoms with van der Waals surface area (Å²) in [6.45, 7) is 5.91. The molecule has 1 aromatic rings. The van der Waals surface area contributed by atoms with E-state index >= 15 is 0 Å². The van der Waals surface area contributed by atoms with Crippen molar-refractivity contribution in [3.8, 4) is 0 Å². The summed E-state index contributed by atoms with van der Waals surface area (Å²) >= 11 is 1.48. The summed E-state index contributed by atoms with van der Waals surface area (Å²) in [5.74, 6) is 0.701. The van der Waals surface area contributed by atoms with Crippen LogP contribution >= 0.6 is 11.8 Å². The van der Waals surface area contributed by atoms with Crippen LogP contribution in [0.4, 0.5) is 0 Å². The van der Waals surface area contributed by atoms with E-state index < -0.39 is 16.1 Å². The Morgan fingerprint density at radius 1 is 1.21 bits per heavy atom. The van der Waals surface area contributed by atoms with Gasteiger partial charge in [0.25, 0.3) is 0 Å². The molecule has 0 radical (unpaired) electrons. The molecule has 2 fully saturated rings. The Kier molecular flexibility index (Phi) is 5.19. The second-order valence-electron chi connectivity index (χ2n) is 6.09. The van der Waals surface area contributed by atoms with Crippen molar-refractivity contribution in [2.45, 2.75) is 24.8 Å². The normalized spacial score (nSPS) is 22.8. The van der Waals surface area contributed by atoms with Gasteiger partial charge >= 0.3 is 0 Å². The van der Waals surface area contributed by atoms with Crippen LogP contribution in [0.1, 0.15) is 11.1 Å². The molecule has 8 heteroatoms. The highest BCUT2D eigenvalue weighted by Gasteiger charge is 2.41. The highest BCUT2D eigenvalue weighted by atomic mass is 32.2. The summed E-state index contributed by atoms with van der Waals surface area (Å²) in [4.78, 5) is 14.7. The molecule has 1 unspecified atom stereocenters. The number of carbonyl (C=O) groups excluding carboxylic acids is 1. The fraction of sp³-hybridized carbons (Fsp3) is 0.562. The highest BCUT2D eigenvalue weighted by molar-refractivity contribution is 8.00. The van der Waals surface area contributed by atoms with E-state index in [1.54, 1.807) is 17.0 Å². The predicted molar refractivity (Wildman–Crippen MR) is 93.5 cm³/mol. The summed E-state index contributed by atoms with van der Waals surface area (Å²) in [5, 5.41) is 0. The summed E-state index contributed by atoms with van der Waals surface area (Å²) in [6.07, 6.45) is 0. The molecule has 0 bridgehead atoms. The molecule has 1 aromatic carbocycles. The number of carbonyl (C=O) groups is 1. The van der Waals surface area contributed by atoms with E-state index in [2.05, 4.69) is 0 Å². The molecule has 2 aliphatic heterocycles. The number of nitrogens with zero attached hydrogens (tertiary/aromatic N) is 2. The molecule has 1 atom stereocenters. The van der Waals surface area contributed by atoms with Gasteiger partial charge in [-0.25, -0.2) is 8.42 Å². The molecular weight excluding hydrogens is 348 g/mol. The SMILES string of the molecule is Cc1ccc(S(=O)(=O)N2CSCC2C(=O)N2CCOCC2)cc1C. The van der Waals surface area contributed by atoms with Crippen molar-refractivity contribution in [3.63, 3.8) is 0 Å². The molecular formula is C16H22N2O4S2. The van der Waals surface area contributed by atoms with Crippen molar-refractivity contribution in [2.75, 3.05) is 37.9 Å². The first-order valence-electron chi connectivity index (χ1n) is 7.94. The summed E-state index contributed by atoms with van der Waals surface area (Å²) in [6, 6.07) is 4.49. The second-order valence-corrected chi connectivity index (χ2v) is 8.98. The average molecular weight is 370 g/mol. The first kappa shape index (κ1) is 17.7. The number of ether oxygens (including phenoxy) is 1. The molecule has 0 aromatic heterocycles. The summed E-state index contributed by atoms with van der Waals surface area (Å²) < 4.78 is 32.6. The van der Waals surface area contributed by atoms with Gasteiger partial charge in [0.05, 0.1) is 24.0 Å². The Balaban J connectivity index is 1.85. The van der Waals surface area contributed by atoms with Crippen LogP contribution in [0.2, 0.25) is 0 Å². The van der Waals surface area contributed by atoms with Gasteiger partial charge < -0.3 is 9.64 Å². The lowest BCUT2D eigenvalue weighted by atomic mass is 10.1. The molecule has 6 nitrogen and oxygen atoms in total. The van der Waals surface area contributed by atoms with E-state index in [1.807, 2.05) is 19.9 Å². The average Bonchev–Trinajstić information content (AvgIpc) is 3.08. The lowest BCUT2D eigenvalue weighted by Gasteiger charge is -2.31. The highest BCUT2D eigenvalue weighted by Crippen LogP contribution is 2.30. The topological polar surface area (TPSA) is 66.9 Å². The van der Waals surface area contributed by atoms with Crippen molar-refractivity contribution in [1.29, 1.82) is 0 Å². The Morgan fingerprint density at radius 2 is 1.92 bits per heavy atom. The van der Waals surface area contributed by atoms with Crippen LogP contribution in [-0.4, -0.2) is 67.5 Å². The van der Waals surface area contributed by atoms with Crippen molar-refractivity contribution in [2.24, 2.45) is 0 Å². The first-order valence-corrected chi connectivity index (χ1v) is 10.5. The zero-order valence-corrected chi connectivity index (χ0v) is 15.5. The van der Waals surface area contributed by atoms with Crippen molar-refractivity contribution in [1.82, 2.24) is 9.21 Å². The largest absolute Gasteiger partial charge is 0.378 e. The van der Waals surface area contributed by atoms with E-state index in [4.69, 9.17) is 4.74 Å². The molecule has 0 spiro atoms. The molecule has 24 heavy (non-hydrogen) atoms. The smallest absolute Gasteiger partial charge is 0.244 e. The number of amides is 1. The van der Waals surface area contributed by atoms with Gasteiger partial charge in [-0.05, 0) is 37.1 Å². The van der Waals surface area contributed by atoms with Gasteiger partial charge in [-0.3, -0.25) is 4.79 Å². The van der Waals surface area contributed by atoms with Crippen LogP contribution in [0.25, 0.3) is 0 Å². The Bertz CT molecular complexity index is 730. The van der Waals surface area contributed by atoms with Crippen molar-refractivity contribution in [3.05, 3.63) is 29.3 Å². The number of benzene rings is 1. The summed E-state index contributed by atoms with van der Waals surface area (Å²) in [7, 11) is -3.68. The maximum absolute atomic E-state index is 13.0. The van der Waals surface area contributed by atoms with Crippen LogP contribution in [0.15, 0.2) is 23.1 Å². The Morgan fingerprint density at radius 3 is 2.58 bits per heavy atom. The molecule has 132 valence electrons. The van der Waals surface area contributed by atoms with E-state index in [-0.39, 0.29) is 10.8 Å². The van der Waals surface area contributed by atoms with Gasteiger partial charge in [0.1, 0.15) is 6.04 Å². The van der Waals surface area contributed by atoms with Gasteiger partial charge in [-0.1, -0.05) is 6.07 Å². The van der Waals surface area contributed by atoms with E-state index in [0.717, 1.165) is 11.1 Å². The van der Waals surface area contributed by atoms with Gasteiger partial charge in [0.2, 0.25) is 15.9 Å². The van der Waals surface area contributed by atoms with Crippen LogP contribution in [0.3, 0.4) is 0 Å². The van der Waals surface area contributed by atoms with Gasteiger partial charge in [-0.15, -0.1) is 11.8 Å². The molecule has 0 aliphatic carbocycles.